The van der Waals surface area contributed by atoms with Gasteiger partial charge in [0, 0.05) is 9.52 Å². The summed E-state index contributed by atoms with van der Waals surface area (Å²) in [4.78, 5) is 0. The molecule has 0 spiro atoms. The first-order chi connectivity index (χ1) is 6.43. The first-order valence-electron chi connectivity index (χ1n) is 5.12. The predicted octanol–water partition coefficient (Wildman–Crippen LogP) is 1.45. The van der Waals surface area contributed by atoms with E-state index in [0.29, 0.717) is 18.7 Å². The first-order valence-corrected chi connectivity index (χ1v) is 9.02. The van der Waals surface area contributed by atoms with Crippen LogP contribution in [-0.2, 0) is 6.04 Å². The van der Waals surface area contributed by atoms with Crippen LogP contribution < -0.4 is 0 Å². The predicted molar refractivity (Wildman–Crippen MR) is 67.2 cm³/mol. The second-order valence-electron chi connectivity index (χ2n) is 3.30. The van der Waals surface area contributed by atoms with Crippen LogP contribution in [0, 0.1) is 0 Å². The molecule has 0 aromatic heterocycles. The van der Waals surface area contributed by atoms with E-state index < -0.39 is 0 Å². The Kier molecular flexibility index (Phi) is 5.69. The van der Waals surface area contributed by atoms with Gasteiger partial charge in [-0.05, 0) is 27.2 Å². The summed E-state index contributed by atoms with van der Waals surface area (Å²) in [5, 5.41) is 0. The molecule has 0 atom stereocenters. The lowest BCUT2D eigenvalue weighted by Gasteiger charge is -1.93. The molecule has 0 radical (unpaired) electrons. The molecule has 0 aliphatic heterocycles. The highest BCUT2D eigenvalue weighted by atomic mass is 28.2. The van der Waals surface area contributed by atoms with Crippen molar-refractivity contribution in [3.05, 3.63) is 35.9 Å². The van der Waals surface area contributed by atoms with E-state index in [2.05, 4.69) is 42.6 Å². The Balaban J connectivity index is 2.23. The SMILES string of the molecule is C[SiH2]CCC=[SiH]Cc1ccccc1. The van der Waals surface area contributed by atoms with Crippen molar-refractivity contribution in [3.8, 4) is 0 Å². The zero-order valence-electron chi connectivity index (χ0n) is 8.37. The van der Waals surface area contributed by atoms with Gasteiger partial charge >= 0.3 is 0 Å². The van der Waals surface area contributed by atoms with Gasteiger partial charge in [0.15, 0.2) is 0 Å². The smallest absolute Gasteiger partial charge is 0.0169 e. The molecule has 0 amide bonds. The largest absolute Gasteiger partial charge is 0.106 e. The van der Waals surface area contributed by atoms with Gasteiger partial charge in [-0.3, -0.25) is 0 Å². The molecule has 0 heterocycles. The third kappa shape index (κ3) is 4.96. The first kappa shape index (κ1) is 10.6. The highest BCUT2D eigenvalue weighted by Gasteiger charge is 1.85. The van der Waals surface area contributed by atoms with Crippen molar-refractivity contribution in [2.45, 2.75) is 25.1 Å². The summed E-state index contributed by atoms with van der Waals surface area (Å²) in [6.45, 7) is 2.39. The van der Waals surface area contributed by atoms with Crippen LogP contribution in [0.15, 0.2) is 30.3 Å². The Bertz CT molecular complexity index is 242. The van der Waals surface area contributed by atoms with Crippen LogP contribution in [0.4, 0.5) is 0 Å². The Hall–Kier alpha value is -0.476. The summed E-state index contributed by atoms with van der Waals surface area (Å²) in [7, 11) is 0.859. The van der Waals surface area contributed by atoms with Crippen LogP contribution in [0.1, 0.15) is 12.0 Å². The highest BCUT2D eigenvalue weighted by molar-refractivity contribution is 6.47. The minimum Gasteiger partial charge on any atom is -0.106 e. The van der Waals surface area contributed by atoms with Crippen LogP contribution in [0.3, 0.4) is 0 Å². The number of hydrogen-bond acceptors (Lipinski definition) is 0. The Morgan fingerprint density at radius 2 is 2.08 bits per heavy atom. The molecule has 0 saturated heterocycles. The summed E-state index contributed by atoms with van der Waals surface area (Å²) in [5.74, 6) is 0. The minimum atomic E-state index is 0.305. The number of benzene rings is 1. The van der Waals surface area contributed by atoms with Crippen molar-refractivity contribution in [2.75, 3.05) is 0 Å². The van der Waals surface area contributed by atoms with Gasteiger partial charge in [0.05, 0.1) is 0 Å². The molecule has 70 valence electrons. The van der Waals surface area contributed by atoms with Crippen molar-refractivity contribution < 1.29 is 0 Å². The van der Waals surface area contributed by atoms with E-state index in [1.807, 2.05) is 0 Å². The van der Waals surface area contributed by atoms with Gasteiger partial charge in [-0.25, -0.2) is 0 Å². The lowest BCUT2D eigenvalue weighted by atomic mass is 10.2. The van der Waals surface area contributed by atoms with Crippen LogP contribution in [0.5, 0.6) is 0 Å². The maximum Gasteiger partial charge on any atom is 0.0169 e. The van der Waals surface area contributed by atoms with E-state index in [9.17, 15) is 0 Å². The second kappa shape index (κ2) is 6.98. The molecule has 13 heavy (non-hydrogen) atoms. The van der Waals surface area contributed by atoms with Gasteiger partial charge in [-0.2, -0.15) is 0 Å². The normalized spacial score (nSPS) is 11.8. The van der Waals surface area contributed by atoms with Crippen molar-refractivity contribution in [3.63, 3.8) is 0 Å². The van der Waals surface area contributed by atoms with E-state index in [4.69, 9.17) is 0 Å². The van der Waals surface area contributed by atoms with Crippen LogP contribution >= 0.6 is 0 Å². The van der Waals surface area contributed by atoms with Gasteiger partial charge in [0.2, 0.25) is 0 Å². The van der Waals surface area contributed by atoms with Crippen LogP contribution in [0.2, 0.25) is 12.6 Å². The zero-order chi connectivity index (χ0) is 9.36. The molecule has 1 aromatic carbocycles. The molecule has 0 nitrogen and oxygen atoms in total. The molecule has 0 fully saturated rings. The average Bonchev–Trinajstić information content (AvgIpc) is 2.19. The third-order valence-electron chi connectivity index (χ3n) is 2.09. The molecule has 0 aliphatic carbocycles. The van der Waals surface area contributed by atoms with E-state index >= 15 is 0 Å². The summed E-state index contributed by atoms with van der Waals surface area (Å²) >= 11 is 0. The molecule has 0 unspecified atom stereocenters. The molecule has 0 saturated carbocycles. The molecule has 0 N–H and O–H groups in total. The number of rotatable bonds is 5. The topological polar surface area (TPSA) is 0 Å². The van der Waals surface area contributed by atoms with Crippen molar-refractivity contribution in [1.29, 1.82) is 0 Å². The summed E-state index contributed by atoms with van der Waals surface area (Å²) < 4.78 is 0. The fourth-order valence-corrected chi connectivity index (χ4v) is 3.57. The Morgan fingerprint density at radius 3 is 2.77 bits per heavy atom. The standard InChI is InChI=1S/C11H18Si2/c1-12-8-5-9-13-10-11-6-3-2-4-7-11/h2-4,6-7,9,13H,5,8,10,12H2,1H3. The second-order valence-corrected chi connectivity index (χ2v) is 6.36. The minimum absolute atomic E-state index is 0.305. The van der Waals surface area contributed by atoms with Crippen molar-refractivity contribution in [1.82, 2.24) is 0 Å². The number of hydrogen-bond donors (Lipinski definition) is 0. The monoisotopic (exact) mass is 206 g/mol. The van der Waals surface area contributed by atoms with Gasteiger partial charge in [-0.1, -0.05) is 42.9 Å². The highest BCUT2D eigenvalue weighted by Crippen LogP contribution is 1.96. The third-order valence-corrected chi connectivity index (χ3v) is 4.58. The average molecular weight is 206 g/mol. The quantitative estimate of drug-likeness (QED) is 0.505. The Labute approximate surface area is 85.6 Å². The maximum absolute atomic E-state index is 2.53. The van der Waals surface area contributed by atoms with Crippen molar-refractivity contribution in [2.24, 2.45) is 0 Å². The fourth-order valence-electron chi connectivity index (χ4n) is 1.27. The van der Waals surface area contributed by atoms with Gasteiger partial charge < -0.3 is 0 Å². The molecule has 0 aliphatic rings. The van der Waals surface area contributed by atoms with E-state index in [0.717, 1.165) is 0 Å². The fraction of sp³-hybridized carbons (Fsp3) is 0.364. The van der Waals surface area contributed by atoms with Gasteiger partial charge in [-0.15, -0.1) is 5.67 Å². The van der Waals surface area contributed by atoms with E-state index in [-0.39, 0.29) is 0 Å². The van der Waals surface area contributed by atoms with Gasteiger partial charge in [0.1, 0.15) is 0 Å². The van der Waals surface area contributed by atoms with Crippen LogP contribution in [0.25, 0.3) is 0 Å². The molecule has 1 aromatic rings. The molecular weight excluding hydrogens is 188 g/mol. The molecule has 0 bridgehead atoms. The lowest BCUT2D eigenvalue weighted by Crippen LogP contribution is -1.92. The maximum atomic E-state index is 2.53. The zero-order valence-corrected chi connectivity index (χ0v) is 10.9. The van der Waals surface area contributed by atoms with E-state index in [1.165, 1.54) is 24.1 Å². The summed E-state index contributed by atoms with van der Waals surface area (Å²) in [5.41, 5.74) is 4.03. The van der Waals surface area contributed by atoms with Crippen molar-refractivity contribution >= 4 is 24.3 Å². The molecular formula is C11H18Si2. The van der Waals surface area contributed by atoms with E-state index in [1.54, 1.807) is 0 Å². The summed E-state index contributed by atoms with van der Waals surface area (Å²) in [6, 6.07) is 13.6. The molecule has 1 rings (SSSR count). The lowest BCUT2D eigenvalue weighted by molar-refractivity contribution is 1.31. The summed E-state index contributed by atoms with van der Waals surface area (Å²) in [6.07, 6.45) is 1.38. The van der Waals surface area contributed by atoms with Crippen LogP contribution in [-0.4, -0.2) is 24.3 Å². The molecule has 2 heteroatoms. The Morgan fingerprint density at radius 1 is 1.31 bits per heavy atom. The van der Waals surface area contributed by atoms with Gasteiger partial charge in [0.25, 0.3) is 0 Å².